The first kappa shape index (κ1) is 14.8. The van der Waals surface area contributed by atoms with Crippen molar-refractivity contribution >= 4 is 23.3 Å². The van der Waals surface area contributed by atoms with Crippen molar-refractivity contribution in [3.63, 3.8) is 0 Å². The number of nitrogen functional groups attached to an aromatic ring is 1. The van der Waals surface area contributed by atoms with Crippen LogP contribution in [-0.2, 0) is 0 Å². The number of amidine groups is 1. The van der Waals surface area contributed by atoms with Gasteiger partial charge < -0.3 is 10.6 Å². The molecule has 0 spiro atoms. The Kier molecular flexibility index (Phi) is 4.22. The van der Waals surface area contributed by atoms with Crippen molar-refractivity contribution in [1.82, 2.24) is 4.98 Å². The molecule has 0 bridgehead atoms. The van der Waals surface area contributed by atoms with E-state index in [4.69, 9.17) is 22.7 Å². The lowest BCUT2D eigenvalue weighted by atomic mass is 9.87. The number of halogens is 1. The van der Waals surface area contributed by atoms with Crippen LogP contribution in [0, 0.1) is 10.8 Å². The van der Waals surface area contributed by atoms with Crippen LogP contribution in [0.25, 0.3) is 0 Å². The zero-order chi connectivity index (χ0) is 14.1. The van der Waals surface area contributed by atoms with Gasteiger partial charge in [-0.2, -0.15) is 0 Å². The topological polar surface area (TPSA) is 66.0 Å². The van der Waals surface area contributed by atoms with Crippen LogP contribution < -0.4 is 10.6 Å². The van der Waals surface area contributed by atoms with Crippen LogP contribution in [0.4, 0.5) is 5.82 Å². The predicted octanol–water partition coefficient (Wildman–Crippen LogP) is 2.89. The molecule has 1 atom stereocenters. The van der Waals surface area contributed by atoms with E-state index in [0.29, 0.717) is 16.4 Å². The van der Waals surface area contributed by atoms with Gasteiger partial charge in [0.2, 0.25) is 0 Å². The summed E-state index contributed by atoms with van der Waals surface area (Å²) < 4.78 is 0. The van der Waals surface area contributed by atoms with Gasteiger partial charge in [0.15, 0.2) is 0 Å². The number of anilines is 1. The minimum absolute atomic E-state index is 0.0412. The van der Waals surface area contributed by atoms with Crippen LogP contribution in [0.15, 0.2) is 12.3 Å². The summed E-state index contributed by atoms with van der Waals surface area (Å²) in [6.07, 6.45) is 1.63. The number of nitrogens with two attached hydrogens (primary N) is 1. The average molecular weight is 269 g/mol. The van der Waals surface area contributed by atoms with E-state index in [1.165, 1.54) is 0 Å². The Morgan fingerprint density at radius 1 is 1.50 bits per heavy atom. The van der Waals surface area contributed by atoms with Gasteiger partial charge in [-0.3, -0.25) is 5.41 Å². The predicted molar refractivity (Wildman–Crippen MR) is 77.6 cm³/mol. The largest absolute Gasteiger partial charge is 0.384 e. The van der Waals surface area contributed by atoms with Gasteiger partial charge in [0, 0.05) is 24.8 Å². The molecule has 0 aromatic carbocycles. The second-order valence-electron chi connectivity index (χ2n) is 5.56. The molecule has 0 aliphatic heterocycles. The second kappa shape index (κ2) is 5.14. The molecule has 0 aliphatic carbocycles. The summed E-state index contributed by atoms with van der Waals surface area (Å²) >= 11 is 6.27. The number of hydrogen-bond acceptors (Lipinski definition) is 3. The first-order chi connectivity index (χ1) is 8.16. The standard InChI is InChI=1S/C13H21ClN4/c1-8(13(2,3)4)18(5)12-10(14)9(11(15)16)6-7-17-12/h6-8H,1-5H3,(H3,15,16). The number of aromatic nitrogens is 1. The Bertz CT molecular complexity index is 451. The molecule has 0 saturated heterocycles. The van der Waals surface area contributed by atoms with Crippen molar-refractivity contribution in [1.29, 1.82) is 5.41 Å². The Balaban J connectivity index is 3.18. The van der Waals surface area contributed by atoms with Crippen molar-refractivity contribution < 1.29 is 0 Å². The summed E-state index contributed by atoms with van der Waals surface area (Å²) in [5.41, 5.74) is 6.12. The number of rotatable bonds is 3. The Morgan fingerprint density at radius 2 is 2.06 bits per heavy atom. The zero-order valence-corrected chi connectivity index (χ0v) is 12.3. The molecule has 1 rings (SSSR count). The summed E-state index contributed by atoms with van der Waals surface area (Å²) in [6.45, 7) is 8.61. The van der Waals surface area contributed by atoms with Crippen molar-refractivity contribution in [3.8, 4) is 0 Å². The van der Waals surface area contributed by atoms with E-state index < -0.39 is 0 Å². The first-order valence-electron chi connectivity index (χ1n) is 5.88. The molecule has 1 aromatic heterocycles. The van der Waals surface area contributed by atoms with Crippen LogP contribution >= 0.6 is 11.6 Å². The molecule has 0 amide bonds. The number of pyridine rings is 1. The quantitative estimate of drug-likeness (QED) is 0.654. The highest BCUT2D eigenvalue weighted by molar-refractivity contribution is 6.36. The highest BCUT2D eigenvalue weighted by Crippen LogP contribution is 2.31. The molecule has 4 nitrogen and oxygen atoms in total. The van der Waals surface area contributed by atoms with Crippen LogP contribution in [-0.4, -0.2) is 23.9 Å². The maximum absolute atomic E-state index is 7.49. The van der Waals surface area contributed by atoms with Gasteiger partial charge >= 0.3 is 0 Å². The molecule has 1 heterocycles. The molecule has 1 unspecified atom stereocenters. The van der Waals surface area contributed by atoms with E-state index in [9.17, 15) is 0 Å². The van der Waals surface area contributed by atoms with E-state index >= 15 is 0 Å². The van der Waals surface area contributed by atoms with E-state index in [2.05, 4.69) is 32.7 Å². The highest BCUT2D eigenvalue weighted by Gasteiger charge is 2.26. The fourth-order valence-corrected chi connectivity index (χ4v) is 2.00. The Morgan fingerprint density at radius 3 is 2.50 bits per heavy atom. The van der Waals surface area contributed by atoms with E-state index in [1.54, 1.807) is 12.3 Å². The lowest BCUT2D eigenvalue weighted by Crippen LogP contribution is -2.40. The molecular formula is C13H21ClN4. The molecule has 5 heteroatoms. The van der Waals surface area contributed by atoms with E-state index in [-0.39, 0.29) is 17.3 Å². The lowest BCUT2D eigenvalue weighted by molar-refractivity contribution is 0.328. The maximum atomic E-state index is 7.49. The molecule has 18 heavy (non-hydrogen) atoms. The normalized spacial score (nSPS) is 13.2. The van der Waals surface area contributed by atoms with E-state index in [1.807, 2.05) is 11.9 Å². The minimum Gasteiger partial charge on any atom is -0.384 e. The van der Waals surface area contributed by atoms with Gasteiger partial charge in [0.25, 0.3) is 0 Å². The van der Waals surface area contributed by atoms with Gasteiger partial charge in [0.05, 0.1) is 5.02 Å². The van der Waals surface area contributed by atoms with Gasteiger partial charge in [-0.15, -0.1) is 0 Å². The molecule has 3 N–H and O–H groups in total. The molecule has 0 saturated carbocycles. The lowest BCUT2D eigenvalue weighted by Gasteiger charge is -2.36. The van der Waals surface area contributed by atoms with Crippen molar-refractivity contribution in [2.24, 2.45) is 11.1 Å². The molecule has 100 valence electrons. The highest BCUT2D eigenvalue weighted by atomic mass is 35.5. The maximum Gasteiger partial charge on any atom is 0.148 e. The summed E-state index contributed by atoms with van der Waals surface area (Å²) in [5.74, 6) is 0.618. The molecule has 1 aromatic rings. The molecule has 0 fully saturated rings. The smallest absolute Gasteiger partial charge is 0.148 e. The molecule has 0 radical (unpaired) electrons. The minimum atomic E-state index is -0.0412. The number of hydrogen-bond donors (Lipinski definition) is 2. The Labute approximate surface area is 114 Å². The second-order valence-corrected chi connectivity index (χ2v) is 5.94. The van der Waals surface area contributed by atoms with Crippen molar-refractivity contribution in [2.45, 2.75) is 33.7 Å². The SMILES string of the molecule is CC(N(C)c1nccc(C(=N)N)c1Cl)C(C)(C)C. The third-order valence-corrected chi connectivity index (χ3v) is 3.70. The van der Waals surface area contributed by atoms with Crippen LogP contribution in [0.5, 0.6) is 0 Å². The number of nitrogens with zero attached hydrogens (tertiary/aromatic N) is 2. The monoisotopic (exact) mass is 268 g/mol. The number of nitrogens with one attached hydrogen (secondary N) is 1. The van der Waals surface area contributed by atoms with Crippen LogP contribution in [0.2, 0.25) is 5.02 Å². The summed E-state index contributed by atoms with van der Waals surface area (Å²) in [7, 11) is 1.95. The van der Waals surface area contributed by atoms with Gasteiger partial charge in [-0.05, 0) is 18.4 Å². The Hall–Kier alpha value is -1.29. The van der Waals surface area contributed by atoms with Crippen LogP contribution in [0.3, 0.4) is 0 Å². The third-order valence-electron chi connectivity index (χ3n) is 3.33. The van der Waals surface area contributed by atoms with Gasteiger partial charge in [0.1, 0.15) is 11.7 Å². The van der Waals surface area contributed by atoms with Crippen molar-refractivity contribution in [2.75, 3.05) is 11.9 Å². The molecule has 0 aliphatic rings. The van der Waals surface area contributed by atoms with Gasteiger partial charge in [-0.1, -0.05) is 32.4 Å². The summed E-state index contributed by atoms with van der Waals surface area (Å²) in [4.78, 5) is 6.32. The van der Waals surface area contributed by atoms with Gasteiger partial charge in [-0.25, -0.2) is 4.98 Å². The fourth-order valence-electron chi connectivity index (χ4n) is 1.65. The van der Waals surface area contributed by atoms with E-state index in [0.717, 1.165) is 0 Å². The summed E-state index contributed by atoms with van der Waals surface area (Å²) in [6, 6.07) is 1.91. The third kappa shape index (κ3) is 2.93. The first-order valence-corrected chi connectivity index (χ1v) is 6.25. The van der Waals surface area contributed by atoms with Crippen molar-refractivity contribution in [3.05, 3.63) is 22.8 Å². The average Bonchev–Trinajstić information content (AvgIpc) is 2.25. The fraction of sp³-hybridized carbons (Fsp3) is 0.538. The summed E-state index contributed by atoms with van der Waals surface area (Å²) in [5, 5.41) is 7.92. The zero-order valence-electron chi connectivity index (χ0n) is 11.6. The van der Waals surface area contributed by atoms with Crippen LogP contribution in [0.1, 0.15) is 33.3 Å². The molecular weight excluding hydrogens is 248 g/mol.